The Labute approximate surface area is 157 Å². The van der Waals surface area contributed by atoms with Gasteiger partial charge < -0.3 is 18.9 Å². The van der Waals surface area contributed by atoms with Crippen molar-refractivity contribution in [1.29, 1.82) is 0 Å². The highest BCUT2D eigenvalue weighted by atomic mass is 16.7. The molecule has 1 aliphatic rings. The van der Waals surface area contributed by atoms with Gasteiger partial charge in [0.15, 0.2) is 6.29 Å². The van der Waals surface area contributed by atoms with E-state index in [4.69, 9.17) is 18.9 Å². The Morgan fingerprint density at radius 3 is 2.62 bits per heavy atom. The average Bonchev–Trinajstić information content (AvgIpc) is 3.19. The van der Waals surface area contributed by atoms with E-state index in [1.165, 1.54) is 5.57 Å². The summed E-state index contributed by atoms with van der Waals surface area (Å²) in [5.41, 5.74) is 2.37. The fourth-order valence-electron chi connectivity index (χ4n) is 2.70. The number of hydrogen-bond acceptors (Lipinski definition) is 4. The van der Waals surface area contributed by atoms with E-state index >= 15 is 0 Å². The Morgan fingerprint density at radius 1 is 1.12 bits per heavy atom. The van der Waals surface area contributed by atoms with E-state index in [9.17, 15) is 0 Å². The Bertz CT molecular complexity index is 625. The molecule has 0 atom stereocenters. The van der Waals surface area contributed by atoms with Gasteiger partial charge in [-0.05, 0) is 44.4 Å². The minimum absolute atomic E-state index is 0.0129. The molecule has 1 fully saturated rings. The highest BCUT2D eigenvalue weighted by Crippen LogP contribution is 2.25. The predicted octanol–water partition coefficient (Wildman–Crippen LogP) is 5.15. The van der Waals surface area contributed by atoms with Crippen LogP contribution in [0.25, 0.3) is 6.08 Å². The van der Waals surface area contributed by atoms with Gasteiger partial charge in [-0.1, -0.05) is 36.0 Å². The van der Waals surface area contributed by atoms with Gasteiger partial charge in [-0.25, -0.2) is 0 Å². The van der Waals surface area contributed by atoms with E-state index in [1.54, 1.807) is 14.2 Å². The third kappa shape index (κ3) is 7.06. The number of ether oxygens (including phenoxy) is 4. The zero-order chi connectivity index (χ0) is 18.6. The SMILES string of the molecule is COc1ccc(OC)c(/C=C\CC/C=C/C=C(\C)CCC2OCCO2)c1. The van der Waals surface area contributed by atoms with Crippen molar-refractivity contribution in [2.75, 3.05) is 27.4 Å². The molecule has 0 N–H and O–H groups in total. The molecule has 0 unspecified atom stereocenters. The van der Waals surface area contributed by atoms with E-state index < -0.39 is 0 Å². The van der Waals surface area contributed by atoms with Crippen LogP contribution in [0.4, 0.5) is 0 Å². The van der Waals surface area contributed by atoms with Gasteiger partial charge in [0, 0.05) is 12.0 Å². The number of rotatable bonds is 10. The van der Waals surface area contributed by atoms with Crippen molar-refractivity contribution in [3.05, 3.63) is 53.6 Å². The molecule has 1 aromatic rings. The maximum Gasteiger partial charge on any atom is 0.158 e. The van der Waals surface area contributed by atoms with Crippen molar-refractivity contribution in [3.63, 3.8) is 0 Å². The molecule has 1 aromatic carbocycles. The second-order valence-corrected chi connectivity index (χ2v) is 6.24. The summed E-state index contributed by atoms with van der Waals surface area (Å²) in [7, 11) is 3.35. The van der Waals surface area contributed by atoms with E-state index in [0.29, 0.717) is 0 Å². The molecular formula is C22H30O4. The molecule has 26 heavy (non-hydrogen) atoms. The van der Waals surface area contributed by atoms with Crippen LogP contribution < -0.4 is 9.47 Å². The van der Waals surface area contributed by atoms with E-state index in [0.717, 1.165) is 56.0 Å². The molecule has 142 valence electrons. The molecule has 1 heterocycles. The van der Waals surface area contributed by atoms with Gasteiger partial charge in [0.05, 0.1) is 27.4 Å². The van der Waals surface area contributed by atoms with Crippen LogP contribution in [0.2, 0.25) is 0 Å². The van der Waals surface area contributed by atoms with Crippen LogP contribution in [-0.2, 0) is 9.47 Å². The van der Waals surface area contributed by atoms with Gasteiger partial charge in [0.2, 0.25) is 0 Å². The first-order chi connectivity index (χ1) is 12.7. The largest absolute Gasteiger partial charge is 0.497 e. The summed E-state index contributed by atoms with van der Waals surface area (Å²) >= 11 is 0. The molecule has 1 saturated heterocycles. The maximum absolute atomic E-state index is 5.45. The summed E-state index contributed by atoms with van der Waals surface area (Å²) in [6, 6.07) is 5.81. The Morgan fingerprint density at radius 2 is 1.88 bits per heavy atom. The number of benzene rings is 1. The van der Waals surface area contributed by atoms with E-state index in [-0.39, 0.29) is 6.29 Å². The summed E-state index contributed by atoms with van der Waals surface area (Å²) in [6.45, 7) is 3.60. The first-order valence-corrected chi connectivity index (χ1v) is 9.17. The lowest BCUT2D eigenvalue weighted by Crippen LogP contribution is -2.06. The minimum Gasteiger partial charge on any atom is -0.497 e. The average molecular weight is 358 g/mol. The summed E-state index contributed by atoms with van der Waals surface area (Å²) in [6.07, 6.45) is 14.6. The second kappa shape index (κ2) is 11.6. The first-order valence-electron chi connectivity index (χ1n) is 9.17. The molecule has 1 aliphatic heterocycles. The smallest absolute Gasteiger partial charge is 0.158 e. The van der Waals surface area contributed by atoms with Gasteiger partial charge in [-0.15, -0.1) is 0 Å². The highest BCUT2D eigenvalue weighted by molar-refractivity contribution is 5.59. The zero-order valence-electron chi connectivity index (χ0n) is 16.1. The fourth-order valence-corrected chi connectivity index (χ4v) is 2.70. The standard InChI is InChI=1S/C22H30O4/c1-18(11-14-22-25-15-16-26-22)9-7-5-4-6-8-10-19-17-20(23-2)12-13-21(19)24-3/h5,7-10,12-13,17,22H,4,6,11,14-16H2,1-3H3/b7-5+,10-8-,18-9+. The lowest BCUT2D eigenvalue weighted by molar-refractivity contribution is -0.0461. The normalized spacial score (nSPS) is 16.0. The van der Waals surface area contributed by atoms with Crippen molar-refractivity contribution in [3.8, 4) is 11.5 Å². The second-order valence-electron chi connectivity index (χ2n) is 6.24. The molecule has 0 aliphatic carbocycles. The molecule has 4 nitrogen and oxygen atoms in total. The Kier molecular flexibility index (Phi) is 9.01. The first kappa shape index (κ1) is 20.3. The van der Waals surface area contributed by atoms with E-state index in [2.05, 4.69) is 37.3 Å². The molecule has 0 bridgehead atoms. The van der Waals surface area contributed by atoms with Crippen molar-refractivity contribution in [2.45, 2.75) is 38.9 Å². The predicted molar refractivity (Wildman–Crippen MR) is 106 cm³/mol. The third-order valence-corrected chi connectivity index (χ3v) is 4.22. The molecular weight excluding hydrogens is 328 g/mol. The van der Waals surface area contributed by atoms with Crippen LogP contribution in [0, 0.1) is 0 Å². The fraction of sp³-hybridized carbons (Fsp3) is 0.455. The molecule has 0 radical (unpaired) electrons. The van der Waals surface area contributed by atoms with Crippen LogP contribution >= 0.6 is 0 Å². The Balaban J connectivity index is 1.71. The van der Waals surface area contributed by atoms with Crippen LogP contribution in [-0.4, -0.2) is 33.7 Å². The van der Waals surface area contributed by atoms with Gasteiger partial charge in [-0.3, -0.25) is 0 Å². The lowest BCUT2D eigenvalue weighted by atomic mass is 10.1. The monoisotopic (exact) mass is 358 g/mol. The van der Waals surface area contributed by atoms with Crippen LogP contribution in [0.3, 0.4) is 0 Å². The number of allylic oxidation sites excluding steroid dienone is 5. The van der Waals surface area contributed by atoms with Crippen LogP contribution in [0.5, 0.6) is 11.5 Å². The summed E-state index contributed by atoms with van der Waals surface area (Å²) in [5, 5.41) is 0. The van der Waals surface area contributed by atoms with Crippen LogP contribution in [0.15, 0.2) is 48.1 Å². The van der Waals surface area contributed by atoms with E-state index in [1.807, 2.05) is 18.2 Å². The van der Waals surface area contributed by atoms with Crippen molar-refractivity contribution < 1.29 is 18.9 Å². The molecule has 0 spiro atoms. The molecule has 0 amide bonds. The summed E-state index contributed by atoms with van der Waals surface area (Å²) in [4.78, 5) is 0. The molecule has 2 rings (SSSR count). The van der Waals surface area contributed by atoms with Gasteiger partial charge in [0.25, 0.3) is 0 Å². The lowest BCUT2D eigenvalue weighted by Gasteiger charge is -2.08. The van der Waals surface area contributed by atoms with Crippen LogP contribution in [0.1, 0.15) is 38.2 Å². The van der Waals surface area contributed by atoms with Gasteiger partial charge >= 0.3 is 0 Å². The van der Waals surface area contributed by atoms with Crippen molar-refractivity contribution in [2.24, 2.45) is 0 Å². The minimum atomic E-state index is -0.0129. The maximum atomic E-state index is 5.45. The van der Waals surface area contributed by atoms with Crippen molar-refractivity contribution in [1.82, 2.24) is 0 Å². The molecule has 0 aromatic heterocycles. The summed E-state index contributed by atoms with van der Waals surface area (Å²) < 4.78 is 21.5. The van der Waals surface area contributed by atoms with Crippen molar-refractivity contribution >= 4 is 6.08 Å². The molecule has 4 heteroatoms. The number of methoxy groups -OCH3 is 2. The Hall–Kier alpha value is -2.04. The van der Waals surface area contributed by atoms with Gasteiger partial charge in [0.1, 0.15) is 11.5 Å². The third-order valence-electron chi connectivity index (χ3n) is 4.22. The molecule has 0 saturated carbocycles. The number of unbranched alkanes of at least 4 members (excludes halogenated alkanes) is 1. The topological polar surface area (TPSA) is 36.9 Å². The highest BCUT2D eigenvalue weighted by Gasteiger charge is 2.14. The summed E-state index contributed by atoms with van der Waals surface area (Å²) in [5.74, 6) is 1.69. The quantitative estimate of drug-likeness (QED) is 0.428. The van der Waals surface area contributed by atoms with Gasteiger partial charge in [-0.2, -0.15) is 0 Å². The number of hydrogen-bond donors (Lipinski definition) is 0. The zero-order valence-corrected chi connectivity index (χ0v) is 16.1.